The highest BCUT2D eigenvalue weighted by atomic mass is 16.0. The summed E-state index contributed by atoms with van der Waals surface area (Å²) in [5.74, 6) is 6.02. The van der Waals surface area contributed by atoms with Gasteiger partial charge in [-0.3, -0.25) is 5.84 Å². The Labute approximate surface area is 75.2 Å². The van der Waals surface area contributed by atoms with Crippen LogP contribution < -0.4 is 5.84 Å². The largest absolute Gasteiger partial charge is 0.412 e. The molecule has 0 bridgehead atoms. The number of nitrogens with zero attached hydrogens (tertiary/aromatic N) is 1. The minimum Gasteiger partial charge on any atom is -0.412 e. The maximum Gasteiger partial charge on any atom is 0.0301 e. The number of rotatable bonds is 0. The molecule has 0 aromatic heterocycles. The highest BCUT2D eigenvalue weighted by Crippen LogP contribution is 2.34. The first kappa shape index (κ1) is 11.9. The molecule has 1 aliphatic heterocycles. The van der Waals surface area contributed by atoms with Crippen LogP contribution in [0.1, 0.15) is 47.0 Å². The van der Waals surface area contributed by atoms with Gasteiger partial charge in [0, 0.05) is 11.1 Å². The summed E-state index contributed by atoms with van der Waals surface area (Å²) in [5, 5.41) is 2.02. The maximum atomic E-state index is 6.02. The van der Waals surface area contributed by atoms with Gasteiger partial charge in [0.05, 0.1) is 0 Å². The highest BCUT2D eigenvalue weighted by molar-refractivity contribution is 4.93. The Balaban J connectivity index is 0.00000121. The fourth-order valence-electron chi connectivity index (χ4n) is 2.01. The van der Waals surface area contributed by atoms with Gasteiger partial charge in [0.1, 0.15) is 0 Å². The smallest absolute Gasteiger partial charge is 0.0301 e. The van der Waals surface area contributed by atoms with Gasteiger partial charge in [-0.2, -0.15) is 0 Å². The first-order valence-electron chi connectivity index (χ1n) is 4.41. The summed E-state index contributed by atoms with van der Waals surface area (Å²) < 4.78 is 0. The Kier molecular flexibility index (Phi) is 3.29. The molecule has 1 aliphatic rings. The van der Waals surface area contributed by atoms with Crippen molar-refractivity contribution < 1.29 is 5.48 Å². The average molecular weight is 174 g/mol. The van der Waals surface area contributed by atoms with E-state index in [0.717, 1.165) is 0 Å². The molecule has 0 amide bonds. The molecule has 0 aromatic carbocycles. The van der Waals surface area contributed by atoms with Gasteiger partial charge in [0.25, 0.3) is 0 Å². The van der Waals surface area contributed by atoms with Crippen LogP contribution in [-0.2, 0) is 0 Å². The van der Waals surface area contributed by atoms with Gasteiger partial charge < -0.3 is 5.48 Å². The van der Waals surface area contributed by atoms with Crippen LogP contribution in [0.2, 0.25) is 0 Å². The van der Waals surface area contributed by atoms with Gasteiger partial charge in [-0.05, 0) is 47.0 Å². The second-order valence-electron chi connectivity index (χ2n) is 4.85. The molecular formula is C9H22N2O. The number of hydrazine groups is 1. The van der Waals surface area contributed by atoms with Crippen LogP contribution in [-0.4, -0.2) is 21.6 Å². The molecule has 4 N–H and O–H groups in total. The zero-order chi connectivity index (χ0) is 8.70. The van der Waals surface area contributed by atoms with Crippen molar-refractivity contribution in [3.05, 3.63) is 0 Å². The number of piperidine rings is 1. The Hall–Kier alpha value is -0.120. The molecule has 1 heterocycles. The fraction of sp³-hybridized carbons (Fsp3) is 1.00. The molecule has 1 rings (SSSR count). The maximum absolute atomic E-state index is 6.02. The van der Waals surface area contributed by atoms with E-state index in [0.29, 0.717) is 0 Å². The molecular weight excluding hydrogens is 152 g/mol. The normalized spacial score (nSPS) is 27.8. The number of hydrogen-bond donors (Lipinski definition) is 1. The lowest BCUT2D eigenvalue weighted by Crippen LogP contribution is -2.62. The summed E-state index contributed by atoms with van der Waals surface area (Å²) >= 11 is 0. The summed E-state index contributed by atoms with van der Waals surface area (Å²) in [5.41, 5.74) is 0.365. The van der Waals surface area contributed by atoms with Crippen LogP contribution in [0.5, 0.6) is 0 Å². The van der Waals surface area contributed by atoms with Crippen molar-refractivity contribution >= 4 is 0 Å². The van der Waals surface area contributed by atoms with Crippen molar-refractivity contribution in [1.82, 2.24) is 5.01 Å². The van der Waals surface area contributed by atoms with Crippen LogP contribution in [0.3, 0.4) is 0 Å². The first-order valence-corrected chi connectivity index (χ1v) is 4.41. The second-order valence-corrected chi connectivity index (χ2v) is 4.85. The van der Waals surface area contributed by atoms with Crippen LogP contribution >= 0.6 is 0 Å². The predicted octanol–water partition coefficient (Wildman–Crippen LogP) is 1.08. The third-order valence-corrected chi connectivity index (χ3v) is 2.88. The Morgan fingerprint density at radius 2 is 1.33 bits per heavy atom. The van der Waals surface area contributed by atoms with Gasteiger partial charge >= 0.3 is 0 Å². The molecule has 74 valence electrons. The second kappa shape index (κ2) is 3.32. The lowest BCUT2D eigenvalue weighted by molar-refractivity contribution is -0.0278. The van der Waals surface area contributed by atoms with E-state index in [1.807, 2.05) is 5.01 Å². The molecule has 0 atom stereocenters. The summed E-state index contributed by atoms with van der Waals surface area (Å²) in [6.07, 6.45) is 3.73. The van der Waals surface area contributed by atoms with Crippen molar-refractivity contribution in [3.63, 3.8) is 0 Å². The Morgan fingerprint density at radius 3 is 1.58 bits per heavy atom. The van der Waals surface area contributed by atoms with E-state index >= 15 is 0 Å². The minimum atomic E-state index is 0. The predicted molar refractivity (Wildman–Crippen MR) is 51.6 cm³/mol. The average Bonchev–Trinajstić information content (AvgIpc) is 1.82. The van der Waals surface area contributed by atoms with Crippen LogP contribution in [0.4, 0.5) is 0 Å². The Morgan fingerprint density at radius 1 is 1.00 bits per heavy atom. The third kappa shape index (κ3) is 1.97. The number of nitrogens with two attached hydrogens (primary N) is 1. The zero-order valence-electron chi connectivity index (χ0n) is 8.65. The minimum absolute atomic E-state index is 0. The lowest BCUT2D eigenvalue weighted by Gasteiger charge is -2.50. The van der Waals surface area contributed by atoms with Crippen LogP contribution in [0, 0.1) is 0 Å². The zero-order valence-corrected chi connectivity index (χ0v) is 8.65. The molecule has 0 aromatic rings. The van der Waals surface area contributed by atoms with Crippen molar-refractivity contribution in [2.45, 2.75) is 58.0 Å². The van der Waals surface area contributed by atoms with E-state index in [2.05, 4.69) is 27.7 Å². The third-order valence-electron chi connectivity index (χ3n) is 2.88. The van der Waals surface area contributed by atoms with Crippen molar-refractivity contribution in [2.24, 2.45) is 5.84 Å². The molecule has 0 aliphatic carbocycles. The standard InChI is InChI=1S/C9H20N2.H2O/c1-8(2)6-5-7-9(3,4)11(8)10;/h5-7,10H2,1-4H3;1H2. The van der Waals surface area contributed by atoms with Crippen LogP contribution in [0.25, 0.3) is 0 Å². The van der Waals surface area contributed by atoms with E-state index in [1.54, 1.807) is 0 Å². The monoisotopic (exact) mass is 174 g/mol. The van der Waals surface area contributed by atoms with E-state index < -0.39 is 0 Å². The molecule has 1 fully saturated rings. The summed E-state index contributed by atoms with van der Waals surface area (Å²) in [7, 11) is 0. The van der Waals surface area contributed by atoms with E-state index in [1.165, 1.54) is 19.3 Å². The van der Waals surface area contributed by atoms with Gasteiger partial charge in [-0.25, -0.2) is 5.01 Å². The van der Waals surface area contributed by atoms with Crippen molar-refractivity contribution in [1.29, 1.82) is 0 Å². The quantitative estimate of drug-likeness (QED) is 0.559. The Bertz CT molecular complexity index is 139. The molecule has 3 heteroatoms. The lowest BCUT2D eigenvalue weighted by atomic mass is 9.82. The van der Waals surface area contributed by atoms with E-state index in [4.69, 9.17) is 5.84 Å². The SMILES string of the molecule is CC1(C)CCCC(C)(C)N1N.O. The molecule has 1 saturated heterocycles. The summed E-state index contributed by atoms with van der Waals surface area (Å²) in [6.45, 7) is 8.86. The molecule has 3 nitrogen and oxygen atoms in total. The summed E-state index contributed by atoms with van der Waals surface area (Å²) in [6, 6.07) is 0. The topological polar surface area (TPSA) is 60.8 Å². The van der Waals surface area contributed by atoms with Gasteiger partial charge in [-0.1, -0.05) is 0 Å². The fourth-order valence-corrected chi connectivity index (χ4v) is 2.01. The summed E-state index contributed by atoms with van der Waals surface area (Å²) in [4.78, 5) is 0. The van der Waals surface area contributed by atoms with E-state index in [9.17, 15) is 0 Å². The van der Waals surface area contributed by atoms with Crippen LogP contribution in [0.15, 0.2) is 0 Å². The first-order chi connectivity index (χ1) is 4.86. The molecule has 0 spiro atoms. The van der Waals surface area contributed by atoms with Crippen molar-refractivity contribution in [2.75, 3.05) is 0 Å². The van der Waals surface area contributed by atoms with Crippen molar-refractivity contribution in [3.8, 4) is 0 Å². The van der Waals surface area contributed by atoms with Gasteiger partial charge in [0.15, 0.2) is 0 Å². The highest BCUT2D eigenvalue weighted by Gasteiger charge is 2.38. The molecule has 12 heavy (non-hydrogen) atoms. The molecule has 0 unspecified atom stereocenters. The van der Waals surface area contributed by atoms with Gasteiger partial charge in [0.2, 0.25) is 0 Å². The van der Waals surface area contributed by atoms with Gasteiger partial charge in [-0.15, -0.1) is 0 Å². The molecule has 0 saturated carbocycles. The van der Waals surface area contributed by atoms with E-state index in [-0.39, 0.29) is 16.6 Å². The molecule has 0 radical (unpaired) electrons. The number of hydrogen-bond acceptors (Lipinski definition) is 2.